The van der Waals surface area contributed by atoms with E-state index in [0.29, 0.717) is 18.1 Å². The molecular formula is C13H17N3O3S. The number of thiazole rings is 1. The number of carbonyl (C=O) groups excluding carboxylic acids is 1. The van der Waals surface area contributed by atoms with Gasteiger partial charge in [-0.05, 0) is 32.1 Å². The van der Waals surface area contributed by atoms with Gasteiger partial charge in [-0.3, -0.25) is 10.1 Å². The van der Waals surface area contributed by atoms with Gasteiger partial charge < -0.3 is 10.0 Å². The predicted molar refractivity (Wildman–Crippen MR) is 75.1 cm³/mol. The number of carbonyl (C=O) groups is 2. The molecule has 1 atom stereocenters. The van der Waals surface area contributed by atoms with Gasteiger partial charge in [0.1, 0.15) is 0 Å². The van der Waals surface area contributed by atoms with Gasteiger partial charge in [0.2, 0.25) is 0 Å². The van der Waals surface area contributed by atoms with Crippen LogP contribution in [0, 0.1) is 5.92 Å². The molecule has 1 fully saturated rings. The standard InChI is InChI=1S/C13H17N3O3S/c17-11(18)8-5-6-16(7-8)13(19)15-12-14-9-3-1-2-4-10(9)20-12/h8H,1-7H2,(H,17,18)(H,14,15,19). The molecule has 1 saturated heterocycles. The Hall–Kier alpha value is -1.63. The fourth-order valence-corrected chi connectivity index (χ4v) is 3.76. The molecule has 1 aliphatic carbocycles. The summed E-state index contributed by atoms with van der Waals surface area (Å²) in [6.45, 7) is 0.778. The third-order valence-corrected chi connectivity index (χ3v) is 4.96. The van der Waals surface area contributed by atoms with Crippen molar-refractivity contribution in [3.05, 3.63) is 10.6 Å². The summed E-state index contributed by atoms with van der Waals surface area (Å²) >= 11 is 1.54. The second-order valence-corrected chi connectivity index (χ2v) is 6.38. The van der Waals surface area contributed by atoms with Gasteiger partial charge in [-0.15, -0.1) is 11.3 Å². The highest BCUT2D eigenvalue weighted by Gasteiger charge is 2.31. The second kappa shape index (κ2) is 5.40. The number of aliphatic carboxylic acids is 1. The number of anilines is 1. The van der Waals surface area contributed by atoms with Crippen LogP contribution in [0.15, 0.2) is 0 Å². The van der Waals surface area contributed by atoms with Crippen LogP contribution in [0.2, 0.25) is 0 Å². The van der Waals surface area contributed by atoms with Crippen LogP contribution in [0.4, 0.5) is 9.93 Å². The normalized spacial score (nSPS) is 21.6. The second-order valence-electron chi connectivity index (χ2n) is 5.30. The van der Waals surface area contributed by atoms with E-state index >= 15 is 0 Å². The van der Waals surface area contributed by atoms with E-state index in [0.717, 1.165) is 25.0 Å². The molecule has 0 saturated carbocycles. The lowest BCUT2D eigenvalue weighted by Crippen LogP contribution is -2.33. The molecule has 0 spiro atoms. The van der Waals surface area contributed by atoms with Crippen LogP contribution >= 0.6 is 11.3 Å². The topological polar surface area (TPSA) is 82.5 Å². The Morgan fingerprint density at radius 2 is 2.15 bits per heavy atom. The van der Waals surface area contributed by atoms with Gasteiger partial charge in [0, 0.05) is 18.0 Å². The Bertz CT molecular complexity index is 519. The molecule has 1 unspecified atom stereocenters. The molecule has 2 N–H and O–H groups in total. The van der Waals surface area contributed by atoms with Crippen LogP contribution < -0.4 is 5.32 Å². The first-order valence-electron chi connectivity index (χ1n) is 6.91. The fraction of sp³-hybridized carbons (Fsp3) is 0.615. The summed E-state index contributed by atoms with van der Waals surface area (Å²) in [7, 11) is 0. The number of carboxylic acids is 1. The van der Waals surface area contributed by atoms with E-state index in [1.165, 1.54) is 11.3 Å². The number of urea groups is 1. The number of amides is 2. The van der Waals surface area contributed by atoms with E-state index in [1.54, 1.807) is 16.2 Å². The van der Waals surface area contributed by atoms with Crippen molar-refractivity contribution in [3.63, 3.8) is 0 Å². The van der Waals surface area contributed by atoms with E-state index < -0.39 is 11.9 Å². The SMILES string of the molecule is O=C(O)C1CCN(C(=O)Nc2nc3c(s2)CCCC3)C1. The highest BCUT2D eigenvalue weighted by molar-refractivity contribution is 7.15. The highest BCUT2D eigenvalue weighted by atomic mass is 32.1. The Labute approximate surface area is 120 Å². The van der Waals surface area contributed by atoms with Gasteiger partial charge in [0.05, 0.1) is 11.6 Å². The number of nitrogens with one attached hydrogen (secondary N) is 1. The van der Waals surface area contributed by atoms with Crippen molar-refractivity contribution in [3.8, 4) is 0 Å². The van der Waals surface area contributed by atoms with Crippen LogP contribution in [0.3, 0.4) is 0 Å². The monoisotopic (exact) mass is 295 g/mol. The minimum Gasteiger partial charge on any atom is -0.481 e. The first kappa shape index (κ1) is 13.4. The third kappa shape index (κ3) is 2.63. The van der Waals surface area contributed by atoms with Crippen molar-refractivity contribution in [2.24, 2.45) is 5.92 Å². The van der Waals surface area contributed by atoms with Gasteiger partial charge in [-0.25, -0.2) is 9.78 Å². The summed E-state index contributed by atoms with van der Waals surface area (Å²) in [5.74, 6) is -1.27. The molecule has 7 heteroatoms. The smallest absolute Gasteiger partial charge is 0.323 e. The largest absolute Gasteiger partial charge is 0.481 e. The molecule has 0 radical (unpaired) electrons. The van der Waals surface area contributed by atoms with E-state index in [9.17, 15) is 9.59 Å². The zero-order valence-corrected chi connectivity index (χ0v) is 11.9. The van der Waals surface area contributed by atoms with Crippen LogP contribution in [0.25, 0.3) is 0 Å². The van der Waals surface area contributed by atoms with Crippen molar-refractivity contribution < 1.29 is 14.7 Å². The number of aryl methyl sites for hydroxylation is 2. The molecule has 0 aromatic carbocycles. The first-order valence-corrected chi connectivity index (χ1v) is 7.72. The molecule has 2 aliphatic rings. The first-order chi connectivity index (χ1) is 9.63. The lowest BCUT2D eigenvalue weighted by molar-refractivity contribution is -0.141. The van der Waals surface area contributed by atoms with Gasteiger partial charge in [0.25, 0.3) is 0 Å². The maximum atomic E-state index is 12.1. The average molecular weight is 295 g/mol. The number of rotatable bonds is 2. The maximum absolute atomic E-state index is 12.1. The lowest BCUT2D eigenvalue weighted by atomic mass is 10.0. The Kier molecular flexibility index (Phi) is 3.60. The summed E-state index contributed by atoms with van der Waals surface area (Å²) < 4.78 is 0. The molecule has 6 nitrogen and oxygen atoms in total. The Morgan fingerprint density at radius 1 is 1.35 bits per heavy atom. The predicted octanol–water partition coefficient (Wildman–Crippen LogP) is 1.96. The third-order valence-electron chi connectivity index (χ3n) is 3.88. The molecule has 3 rings (SSSR count). The van der Waals surface area contributed by atoms with Crippen molar-refractivity contribution in [1.29, 1.82) is 0 Å². The molecule has 108 valence electrons. The van der Waals surface area contributed by atoms with Crippen LogP contribution in [0.1, 0.15) is 29.8 Å². The molecule has 20 heavy (non-hydrogen) atoms. The summed E-state index contributed by atoms with van der Waals surface area (Å²) in [6, 6.07) is -0.236. The van der Waals surface area contributed by atoms with Gasteiger partial charge in [0.15, 0.2) is 5.13 Å². The van der Waals surface area contributed by atoms with Gasteiger partial charge in [-0.2, -0.15) is 0 Å². The van der Waals surface area contributed by atoms with Crippen LogP contribution in [-0.4, -0.2) is 40.1 Å². The van der Waals surface area contributed by atoms with Crippen LogP contribution in [0.5, 0.6) is 0 Å². The van der Waals surface area contributed by atoms with E-state index in [2.05, 4.69) is 10.3 Å². The number of nitrogens with zero attached hydrogens (tertiary/aromatic N) is 2. The van der Waals surface area contributed by atoms with Crippen molar-refractivity contribution in [1.82, 2.24) is 9.88 Å². The minimum absolute atomic E-state index is 0.236. The summed E-state index contributed by atoms with van der Waals surface area (Å²) in [4.78, 5) is 30.3. The van der Waals surface area contributed by atoms with Gasteiger partial charge in [-0.1, -0.05) is 0 Å². The molecule has 1 aliphatic heterocycles. The number of hydrogen-bond donors (Lipinski definition) is 2. The molecule has 1 aromatic rings. The number of hydrogen-bond acceptors (Lipinski definition) is 4. The minimum atomic E-state index is -0.829. The molecular weight excluding hydrogens is 278 g/mol. The van der Waals surface area contributed by atoms with Crippen molar-refractivity contribution >= 4 is 28.5 Å². The van der Waals surface area contributed by atoms with Gasteiger partial charge >= 0.3 is 12.0 Å². The highest BCUT2D eigenvalue weighted by Crippen LogP contribution is 2.30. The zero-order chi connectivity index (χ0) is 14.1. The molecule has 0 bridgehead atoms. The summed E-state index contributed by atoms with van der Waals surface area (Å²) in [6.07, 6.45) is 4.92. The quantitative estimate of drug-likeness (QED) is 0.873. The van der Waals surface area contributed by atoms with Crippen molar-refractivity contribution in [2.45, 2.75) is 32.1 Å². The Morgan fingerprint density at radius 3 is 2.85 bits per heavy atom. The number of fused-ring (bicyclic) bond motifs is 1. The maximum Gasteiger partial charge on any atom is 0.323 e. The number of carboxylic acid groups (broad SMARTS) is 1. The lowest BCUT2D eigenvalue weighted by Gasteiger charge is -2.15. The zero-order valence-electron chi connectivity index (χ0n) is 11.1. The van der Waals surface area contributed by atoms with E-state index in [4.69, 9.17) is 5.11 Å². The Balaban J connectivity index is 1.62. The van der Waals surface area contributed by atoms with E-state index in [1.807, 2.05) is 0 Å². The molecule has 2 amide bonds. The van der Waals surface area contributed by atoms with Crippen LogP contribution in [-0.2, 0) is 17.6 Å². The molecule has 1 aromatic heterocycles. The summed E-state index contributed by atoms with van der Waals surface area (Å²) in [5, 5.41) is 12.4. The molecule has 2 heterocycles. The average Bonchev–Trinajstić information content (AvgIpc) is 3.04. The van der Waals surface area contributed by atoms with Crippen molar-refractivity contribution in [2.75, 3.05) is 18.4 Å². The van der Waals surface area contributed by atoms with E-state index in [-0.39, 0.29) is 12.6 Å². The fourth-order valence-electron chi connectivity index (χ4n) is 2.72. The number of likely N-dealkylation sites (tertiary alicyclic amines) is 1. The number of aromatic nitrogens is 1. The summed E-state index contributed by atoms with van der Waals surface area (Å²) in [5.41, 5.74) is 1.11.